The number of aromatic nitrogens is 3. The first-order valence-electron chi connectivity index (χ1n) is 9.24. The molecule has 0 aliphatic heterocycles. The third-order valence-corrected chi connectivity index (χ3v) is 5.38. The molecule has 0 radical (unpaired) electrons. The predicted molar refractivity (Wildman–Crippen MR) is 117 cm³/mol. The topological polar surface area (TPSA) is 129 Å². The molecule has 1 aromatic heterocycles. The number of carbonyl (C=O) groups is 1. The number of hydrogen-bond donors (Lipinski definition) is 2. The van der Waals surface area contributed by atoms with Crippen LogP contribution in [0.15, 0.2) is 47.6 Å². The lowest BCUT2D eigenvalue weighted by molar-refractivity contribution is -0.387. The lowest BCUT2D eigenvalue weighted by Crippen LogP contribution is -2.16. The molecule has 0 aliphatic carbocycles. The van der Waals surface area contributed by atoms with Crippen LogP contribution >= 0.6 is 11.8 Å². The molecule has 0 unspecified atom stereocenters. The van der Waals surface area contributed by atoms with Gasteiger partial charge >= 0.3 is 5.69 Å². The largest absolute Gasteiger partial charge is 0.335 e. The molecular weight excluding hydrogens is 423 g/mol. The quantitative estimate of drug-likeness (QED) is 0.256. The van der Waals surface area contributed by atoms with Crippen LogP contribution < -0.4 is 11.2 Å². The molecule has 0 fully saturated rings. The molecule has 0 saturated carbocycles. The van der Waals surface area contributed by atoms with Gasteiger partial charge in [0.05, 0.1) is 10.7 Å². The zero-order valence-electron chi connectivity index (χ0n) is 17.1. The van der Waals surface area contributed by atoms with Crippen LogP contribution in [0.2, 0.25) is 0 Å². The summed E-state index contributed by atoms with van der Waals surface area (Å²) in [6.45, 7) is 6.37. The number of rotatable bonds is 6. The highest BCUT2D eigenvalue weighted by Gasteiger charge is 2.18. The third-order valence-electron chi connectivity index (χ3n) is 4.43. The zero-order chi connectivity index (χ0) is 22.8. The number of anilines is 1. The summed E-state index contributed by atoms with van der Waals surface area (Å²) in [5.74, 6) is 5.05. The monoisotopic (exact) mass is 444 g/mol. The molecule has 0 bridgehead atoms. The number of carbonyl (C=O) groups excluding carboxylic acids is 1. The zero-order valence-corrected chi connectivity index (χ0v) is 17.9. The highest BCUT2D eigenvalue weighted by Crippen LogP contribution is 2.27. The molecule has 1 amide bonds. The molecular formula is C20H21FN6O3S. The smallest absolute Gasteiger partial charge is 0.306 e. The molecule has 0 saturated heterocycles. The fraction of sp³-hybridized carbons (Fsp3) is 0.250. The van der Waals surface area contributed by atoms with Gasteiger partial charge in [0.1, 0.15) is 0 Å². The molecule has 2 aromatic carbocycles. The van der Waals surface area contributed by atoms with E-state index in [1.165, 1.54) is 16.3 Å². The average molecular weight is 444 g/mol. The van der Waals surface area contributed by atoms with Crippen LogP contribution in [-0.4, -0.2) is 31.5 Å². The highest BCUT2D eigenvalue weighted by atomic mass is 32.2. The minimum absolute atomic E-state index is 0.0221. The van der Waals surface area contributed by atoms with E-state index in [4.69, 9.17) is 5.84 Å². The van der Waals surface area contributed by atoms with Gasteiger partial charge in [-0.15, -0.1) is 10.2 Å². The number of benzene rings is 2. The number of halogens is 1. The highest BCUT2D eigenvalue weighted by molar-refractivity contribution is 7.99. The molecule has 3 aromatic rings. The van der Waals surface area contributed by atoms with Crippen molar-refractivity contribution >= 4 is 29.0 Å². The number of amides is 1. The van der Waals surface area contributed by atoms with E-state index in [1.807, 2.05) is 24.3 Å². The normalized spacial score (nSPS) is 11.4. The Hall–Kier alpha value is -3.47. The average Bonchev–Trinajstić information content (AvgIpc) is 3.07. The summed E-state index contributed by atoms with van der Waals surface area (Å²) in [5, 5.41) is 21.7. The number of thioether (sulfide) groups is 1. The SMILES string of the molecule is CC(C)(C)c1ccc(-c2nnc(SCC(=O)Nc3ccc(F)c([N+](=O)[O-])c3)n2N)cc1. The summed E-state index contributed by atoms with van der Waals surface area (Å²) in [5.41, 5.74) is 1.39. The first-order valence-corrected chi connectivity index (χ1v) is 10.2. The van der Waals surface area contributed by atoms with Crippen LogP contribution in [-0.2, 0) is 10.2 Å². The molecule has 3 rings (SSSR count). The molecule has 3 N–H and O–H groups in total. The van der Waals surface area contributed by atoms with Crippen LogP contribution in [0.25, 0.3) is 11.4 Å². The summed E-state index contributed by atoms with van der Waals surface area (Å²) in [4.78, 5) is 22.1. The maximum Gasteiger partial charge on any atom is 0.306 e. The number of nitrogen functional groups attached to an aromatic ring is 1. The van der Waals surface area contributed by atoms with Gasteiger partial charge in [-0.25, -0.2) is 4.68 Å². The number of hydrogen-bond acceptors (Lipinski definition) is 7. The Morgan fingerprint density at radius 2 is 1.90 bits per heavy atom. The van der Waals surface area contributed by atoms with Crippen LogP contribution in [0.4, 0.5) is 15.8 Å². The van der Waals surface area contributed by atoms with Crippen molar-refractivity contribution in [2.75, 3.05) is 16.9 Å². The van der Waals surface area contributed by atoms with Gasteiger partial charge in [-0.1, -0.05) is 56.8 Å². The van der Waals surface area contributed by atoms with E-state index >= 15 is 0 Å². The van der Waals surface area contributed by atoms with Gasteiger partial charge in [0.25, 0.3) is 0 Å². The number of nitrogens with one attached hydrogen (secondary N) is 1. The maximum absolute atomic E-state index is 13.4. The minimum atomic E-state index is -0.975. The molecule has 162 valence electrons. The van der Waals surface area contributed by atoms with Gasteiger partial charge in [0.15, 0.2) is 5.82 Å². The molecule has 11 heteroatoms. The number of nitrogens with two attached hydrogens (primary N) is 1. The van der Waals surface area contributed by atoms with Crippen molar-refractivity contribution in [3.05, 3.63) is 64.0 Å². The van der Waals surface area contributed by atoms with Crippen LogP contribution in [0.5, 0.6) is 0 Å². The summed E-state index contributed by atoms with van der Waals surface area (Å²) in [6, 6.07) is 11.0. The molecule has 0 atom stereocenters. The van der Waals surface area contributed by atoms with E-state index in [-0.39, 0.29) is 16.9 Å². The second-order valence-corrected chi connectivity index (χ2v) is 8.71. The Balaban J connectivity index is 1.65. The predicted octanol–water partition coefficient (Wildman–Crippen LogP) is 3.73. The van der Waals surface area contributed by atoms with Crippen molar-refractivity contribution in [1.29, 1.82) is 0 Å². The number of nitro benzene ring substituents is 1. The number of nitro groups is 1. The fourth-order valence-electron chi connectivity index (χ4n) is 2.75. The Morgan fingerprint density at radius 1 is 1.23 bits per heavy atom. The first kappa shape index (κ1) is 22.2. The maximum atomic E-state index is 13.4. The van der Waals surface area contributed by atoms with E-state index in [2.05, 4.69) is 36.3 Å². The van der Waals surface area contributed by atoms with E-state index < -0.39 is 22.3 Å². The summed E-state index contributed by atoms with van der Waals surface area (Å²) in [6.07, 6.45) is 0. The Kier molecular flexibility index (Phi) is 6.25. The summed E-state index contributed by atoms with van der Waals surface area (Å²) in [7, 11) is 0. The van der Waals surface area contributed by atoms with Gasteiger partial charge in [-0.05, 0) is 23.1 Å². The molecule has 9 nitrogen and oxygen atoms in total. The van der Waals surface area contributed by atoms with Gasteiger partial charge in [-0.2, -0.15) is 4.39 Å². The minimum Gasteiger partial charge on any atom is -0.335 e. The molecule has 31 heavy (non-hydrogen) atoms. The van der Waals surface area contributed by atoms with Gasteiger partial charge in [0.2, 0.25) is 16.9 Å². The van der Waals surface area contributed by atoms with E-state index in [9.17, 15) is 19.3 Å². The van der Waals surface area contributed by atoms with Crippen molar-refractivity contribution in [1.82, 2.24) is 14.9 Å². The van der Waals surface area contributed by atoms with Gasteiger partial charge in [-0.3, -0.25) is 14.9 Å². The first-order chi connectivity index (χ1) is 14.6. The number of nitrogens with zero attached hydrogens (tertiary/aromatic N) is 4. The molecule has 0 aliphatic rings. The second kappa shape index (κ2) is 8.72. The Bertz CT molecular complexity index is 1120. The van der Waals surface area contributed by atoms with Crippen molar-refractivity contribution in [2.24, 2.45) is 0 Å². The third kappa shape index (κ3) is 5.18. The Morgan fingerprint density at radius 3 is 2.52 bits per heavy atom. The molecule has 1 heterocycles. The van der Waals surface area contributed by atoms with Crippen molar-refractivity contribution in [3.63, 3.8) is 0 Å². The van der Waals surface area contributed by atoms with Crippen molar-refractivity contribution in [2.45, 2.75) is 31.3 Å². The lowest BCUT2D eigenvalue weighted by Gasteiger charge is -2.19. The molecule has 0 spiro atoms. The van der Waals surface area contributed by atoms with E-state index in [0.717, 1.165) is 29.5 Å². The lowest BCUT2D eigenvalue weighted by atomic mass is 9.87. The van der Waals surface area contributed by atoms with Crippen molar-refractivity contribution in [3.8, 4) is 11.4 Å². The summed E-state index contributed by atoms with van der Waals surface area (Å²) < 4.78 is 14.7. The van der Waals surface area contributed by atoms with E-state index in [1.54, 1.807) is 0 Å². The summed E-state index contributed by atoms with van der Waals surface area (Å²) >= 11 is 1.06. The second-order valence-electron chi connectivity index (χ2n) is 7.76. The Labute approximate surface area is 182 Å². The van der Waals surface area contributed by atoms with Crippen LogP contribution in [0.3, 0.4) is 0 Å². The van der Waals surface area contributed by atoms with Gasteiger partial charge < -0.3 is 11.2 Å². The standard InChI is InChI=1S/C20H21FN6O3S/c1-20(2,3)13-6-4-12(5-7-13)18-24-25-19(26(18)22)31-11-17(28)23-14-8-9-15(21)16(10-14)27(29)30/h4-10H,11,22H2,1-3H3,(H,23,28). The fourth-order valence-corrected chi connectivity index (χ4v) is 3.41. The van der Waals surface area contributed by atoms with Crippen LogP contribution in [0, 0.1) is 15.9 Å². The van der Waals surface area contributed by atoms with Crippen molar-refractivity contribution < 1.29 is 14.1 Å². The van der Waals surface area contributed by atoms with Crippen LogP contribution in [0.1, 0.15) is 26.3 Å². The van der Waals surface area contributed by atoms with Gasteiger partial charge in [0, 0.05) is 17.3 Å². The van der Waals surface area contributed by atoms with E-state index in [0.29, 0.717) is 11.0 Å².